The molecule has 0 aliphatic carbocycles. The average Bonchev–Trinajstić information content (AvgIpc) is 2.37. The Kier molecular flexibility index (Phi) is 3.55. The van der Waals surface area contributed by atoms with Gasteiger partial charge in [-0.15, -0.1) is 0 Å². The number of nitrogens with zero attached hydrogens (tertiary/aromatic N) is 2. The van der Waals surface area contributed by atoms with Gasteiger partial charge in [0.15, 0.2) is 0 Å². The van der Waals surface area contributed by atoms with Crippen LogP contribution in [0.5, 0.6) is 5.75 Å². The van der Waals surface area contributed by atoms with Crippen LogP contribution in [0.2, 0.25) is 0 Å². The summed E-state index contributed by atoms with van der Waals surface area (Å²) in [4.78, 5) is 8.08. The second kappa shape index (κ2) is 5.30. The highest BCUT2D eigenvalue weighted by Gasteiger charge is 2.07. The van der Waals surface area contributed by atoms with Crippen molar-refractivity contribution >= 4 is 5.95 Å². The van der Waals surface area contributed by atoms with Crippen LogP contribution < -0.4 is 10.5 Å². The Labute approximate surface area is 100 Å². The van der Waals surface area contributed by atoms with Gasteiger partial charge in [0.2, 0.25) is 5.95 Å². The highest BCUT2D eigenvalue weighted by Crippen LogP contribution is 2.28. The van der Waals surface area contributed by atoms with Crippen LogP contribution in [0.25, 0.3) is 11.3 Å². The van der Waals surface area contributed by atoms with Crippen LogP contribution in [-0.2, 0) is 0 Å². The SMILES string of the molecule is CCCOc1ccccc1-c1ccnc(N)n1. The van der Waals surface area contributed by atoms with E-state index in [2.05, 4.69) is 16.9 Å². The standard InChI is InChI=1S/C13H15N3O/c1-2-9-17-12-6-4-3-5-10(12)11-7-8-15-13(14)16-11/h3-8H,2,9H2,1H3,(H2,14,15,16). The van der Waals surface area contributed by atoms with Gasteiger partial charge in [0.1, 0.15) is 5.75 Å². The monoisotopic (exact) mass is 229 g/mol. The van der Waals surface area contributed by atoms with Crippen molar-refractivity contribution in [1.29, 1.82) is 0 Å². The van der Waals surface area contributed by atoms with Crippen LogP contribution in [0.4, 0.5) is 5.95 Å². The fourth-order valence-corrected chi connectivity index (χ4v) is 1.54. The van der Waals surface area contributed by atoms with E-state index < -0.39 is 0 Å². The number of anilines is 1. The van der Waals surface area contributed by atoms with Gasteiger partial charge in [0.25, 0.3) is 0 Å². The molecule has 0 saturated carbocycles. The average molecular weight is 229 g/mol. The largest absolute Gasteiger partial charge is 0.493 e. The lowest BCUT2D eigenvalue weighted by atomic mass is 10.1. The Bertz CT molecular complexity index is 500. The predicted octanol–water partition coefficient (Wildman–Crippen LogP) is 2.51. The Morgan fingerprint density at radius 2 is 2.06 bits per heavy atom. The Balaban J connectivity index is 2.37. The molecular formula is C13H15N3O. The van der Waals surface area contributed by atoms with Crippen molar-refractivity contribution in [2.24, 2.45) is 0 Å². The minimum atomic E-state index is 0.271. The third-order valence-electron chi connectivity index (χ3n) is 2.30. The van der Waals surface area contributed by atoms with Crippen molar-refractivity contribution in [3.63, 3.8) is 0 Å². The van der Waals surface area contributed by atoms with Gasteiger partial charge in [-0.25, -0.2) is 9.97 Å². The van der Waals surface area contributed by atoms with E-state index in [1.165, 1.54) is 0 Å². The maximum absolute atomic E-state index is 5.68. The van der Waals surface area contributed by atoms with Crippen LogP contribution in [-0.4, -0.2) is 16.6 Å². The van der Waals surface area contributed by atoms with E-state index in [-0.39, 0.29) is 5.95 Å². The van der Waals surface area contributed by atoms with Crippen molar-refractivity contribution in [2.75, 3.05) is 12.3 Å². The number of ether oxygens (including phenoxy) is 1. The Morgan fingerprint density at radius 3 is 2.82 bits per heavy atom. The topological polar surface area (TPSA) is 61.0 Å². The van der Waals surface area contributed by atoms with Crippen molar-refractivity contribution in [2.45, 2.75) is 13.3 Å². The minimum absolute atomic E-state index is 0.271. The lowest BCUT2D eigenvalue weighted by Gasteiger charge is -2.10. The summed E-state index contributed by atoms with van der Waals surface area (Å²) in [5.41, 5.74) is 7.30. The van der Waals surface area contributed by atoms with E-state index in [1.54, 1.807) is 6.20 Å². The number of hydrogen-bond donors (Lipinski definition) is 1. The number of benzene rings is 1. The van der Waals surface area contributed by atoms with Crippen LogP contribution in [0.1, 0.15) is 13.3 Å². The third kappa shape index (κ3) is 2.72. The second-order valence-corrected chi connectivity index (χ2v) is 3.64. The number of aromatic nitrogens is 2. The molecule has 2 aromatic rings. The van der Waals surface area contributed by atoms with Crippen LogP contribution in [0.3, 0.4) is 0 Å². The fraction of sp³-hybridized carbons (Fsp3) is 0.231. The van der Waals surface area contributed by atoms with Crippen LogP contribution in [0.15, 0.2) is 36.5 Å². The summed E-state index contributed by atoms with van der Waals surface area (Å²) in [7, 11) is 0. The number of rotatable bonds is 4. The van der Waals surface area contributed by atoms with Crippen molar-refractivity contribution < 1.29 is 4.74 Å². The molecule has 0 radical (unpaired) electrons. The van der Waals surface area contributed by atoms with Crippen molar-refractivity contribution in [3.8, 4) is 17.0 Å². The molecule has 0 bridgehead atoms. The van der Waals surface area contributed by atoms with Gasteiger partial charge < -0.3 is 10.5 Å². The minimum Gasteiger partial charge on any atom is -0.493 e. The van der Waals surface area contributed by atoms with Crippen LogP contribution in [0, 0.1) is 0 Å². The second-order valence-electron chi connectivity index (χ2n) is 3.64. The first-order valence-corrected chi connectivity index (χ1v) is 5.62. The van der Waals surface area contributed by atoms with E-state index >= 15 is 0 Å². The first-order chi connectivity index (χ1) is 8.31. The summed E-state index contributed by atoms with van der Waals surface area (Å²) in [5, 5.41) is 0. The van der Waals surface area contributed by atoms with Gasteiger partial charge in [-0.3, -0.25) is 0 Å². The zero-order chi connectivity index (χ0) is 12.1. The molecule has 1 aromatic heterocycles. The fourth-order valence-electron chi connectivity index (χ4n) is 1.54. The molecule has 0 spiro atoms. The molecule has 2 N–H and O–H groups in total. The molecule has 0 fully saturated rings. The van der Waals surface area contributed by atoms with E-state index in [1.807, 2.05) is 30.3 Å². The summed E-state index contributed by atoms with van der Waals surface area (Å²) in [5.74, 6) is 1.10. The van der Waals surface area contributed by atoms with Gasteiger partial charge >= 0.3 is 0 Å². The highest BCUT2D eigenvalue weighted by atomic mass is 16.5. The number of nitrogens with two attached hydrogens (primary N) is 1. The molecule has 88 valence electrons. The molecule has 1 aromatic carbocycles. The summed E-state index contributed by atoms with van der Waals surface area (Å²) >= 11 is 0. The molecule has 17 heavy (non-hydrogen) atoms. The van der Waals surface area contributed by atoms with E-state index in [4.69, 9.17) is 10.5 Å². The molecule has 0 unspecified atom stereocenters. The number of para-hydroxylation sites is 1. The molecule has 0 saturated heterocycles. The highest BCUT2D eigenvalue weighted by molar-refractivity contribution is 5.67. The molecular weight excluding hydrogens is 214 g/mol. The zero-order valence-corrected chi connectivity index (χ0v) is 9.76. The zero-order valence-electron chi connectivity index (χ0n) is 9.76. The van der Waals surface area contributed by atoms with Gasteiger partial charge in [-0.05, 0) is 24.6 Å². The maximum Gasteiger partial charge on any atom is 0.220 e. The van der Waals surface area contributed by atoms with Gasteiger partial charge in [0, 0.05) is 11.8 Å². The van der Waals surface area contributed by atoms with Gasteiger partial charge in [-0.2, -0.15) is 0 Å². The summed E-state index contributed by atoms with van der Waals surface area (Å²) in [6, 6.07) is 9.62. The quantitative estimate of drug-likeness (QED) is 0.875. The first-order valence-electron chi connectivity index (χ1n) is 5.62. The molecule has 1 heterocycles. The smallest absolute Gasteiger partial charge is 0.220 e. The number of nitrogen functional groups attached to an aromatic ring is 1. The summed E-state index contributed by atoms with van der Waals surface area (Å²) in [6.07, 6.45) is 2.62. The van der Waals surface area contributed by atoms with Crippen LogP contribution >= 0.6 is 0 Å². The normalized spacial score (nSPS) is 10.2. The van der Waals surface area contributed by atoms with Crippen molar-refractivity contribution in [1.82, 2.24) is 9.97 Å². The lowest BCUT2D eigenvalue weighted by molar-refractivity contribution is 0.318. The summed E-state index contributed by atoms with van der Waals surface area (Å²) in [6.45, 7) is 2.77. The lowest BCUT2D eigenvalue weighted by Crippen LogP contribution is -1.99. The number of hydrogen-bond acceptors (Lipinski definition) is 4. The summed E-state index contributed by atoms with van der Waals surface area (Å²) < 4.78 is 5.68. The third-order valence-corrected chi connectivity index (χ3v) is 2.30. The molecule has 4 nitrogen and oxygen atoms in total. The maximum atomic E-state index is 5.68. The molecule has 0 aliphatic heterocycles. The molecule has 0 atom stereocenters. The van der Waals surface area contributed by atoms with E-state index in [0.717, 1.165) is 23.4 Å². The Hall–Kier alpha value is -2.10. The van der Waals surface area contributed by atoms with Gasteiger partial charge in [0.05, 0.1) is 12.3 Å². The van der Waals surface area contributed by atoms with Gasteiger partial charge in [-0.1, -0.05) is 19.1 Å². The molecule has 0 amide bonds. The molecule has 0 aliphatic rings. The Morgan fingerprint density at radius 1 is 1.24 bits per heavy atom. The van der Waals surface area contributed by atoms with Crippen molar-refractivity contribution in [3.05, 3.63) is 36.5 Å². The van der Waals surface area contributed by atoms with E-state index in [0.29, 0.717) is 6.61 Å². The first kappa shape index (κ1) is 11.4. The predicted molar refractivity (Wildman–Crippen MR) is 67.7 cm³/mol. The molecule has 2 rings (SSSR count). The molecule has 4 heteroatoms. The van der Waals surface area contributed by atoms with E-state index in [9.17, 15) is 0 Å².